The lowest BCUT2D eigenvalue weighted by Gasteiger charge is -2.29. The first kappa shape index (κ1) is 22.1. The van der Waals surface area contributed by atoms with E-state index in [1.165, 1.54) is 0 Å². The molecule has 0 aliphatic heterocycles. The summed E-state index contributed by atoms with van der Waals surface area (Å²) >= 11 is 0. The van der Waals surface area contributed by atoms with Crippen LogP contribution in [0, 0.1) is 5.39 Å². The van der Waals surface area contributed by atoms with Crippen LogP contribution in [0.25, 0.3) is 4.98 Å². The molecular weight excluding hydrogens is 394 g/mol. The predicted octanol–water partition coefficient (Wildman–Crippen LogP) is 3.86. The molecule has 3 aromatic carbocycles. The third kappa shape index (κ3) is 7.30. The van der Waals surface area contributed by atoms with Gasteiger partial charge in [0.1, 0.15) is 36.9 Å². The number of nitrogens with zero attached hydrogens (tertiary/aromatic N) is 3. The second kappa shape index (κ2) is 11.6. The summed E-state index contributed by atoms with van der Waals surface area (Å²) in [6.07, 6.45) is -1.57. The van der Waals surface area contributed by atoms with Gasteiger partial charge in [-0.1, -0.05) is 36.4 Å². The molecule has 2 unspecified atom stereocenters. The van der Waals surface area contributed by atoms with Crippen molar-refractivity contribution in [1.29, 1.82) is 5.39 Å². The molecule has 0 aromatic heterocycles. The highest BCUT2D eigenvalue weighted by molar-refractivity contribution is 5.55. The molecule has 2 N–H and O–H groups in total. The summed E-state index contributed by atoms with van der Waals surface area (Å²) in [6.45, 7) is 0.706. The maximum atomic E-state index is 10.5. The van der Waals surface area contributed by atoms with Gasteiger partial charge >= 0.3 is 5.69 Å². The summed E-state index contributed by atoms with van der Waals surface area (Å²) in [7, 11) is 0. The smallest absolute Gasteiger partial charge is 0.385 e. The second-order valence-corrected chi connectivity index (χ2v) is 7.08. The molecule has 3 rings (SSSR count). The number of rotatable bonds is 11. The van der Waals surface area contributed by atoms with Gasteiger partial charge in [-0.2, -0.15) is 0 Å². The Kier molecular flexibility index (Phi) is 8.23. The molecule has 0 aliphatic rings. The Bertz CT molecular complexity index is 895. The molecule has 7 heteroatoms. The van der Waals surface area contributed by atoms with Crippen LogP contribution in [-0.4, -0.2) is 48.7 Å². The zero-order valence-electron chi connectivity index (χ0n) is 17.1. The van der Waals surface area contributed by atoms with E-state index in [9.17, 15) is 10.2 Å². The minimum atomic E-state index is -0.787. The molecule has 0 aliphatic carbocycles. The van der Waals surface area contributed by atoms with Crippen LogP contribution in [0.2, 0.25) is 0 Å². The van der Waals surface area contributed by atoms with Gasteiger partial charge in [0.2, 0.25) is 5.39 Å². The molecule has 0 saturated carbocycles. The first-order chi connectivity index (χ1) is 15.1. The summed E-state index contributed by atoms with van der Waals surface area (Å²) in [5, 5.41) is 30.0. The van der Waals surface area contributed by atoms with E-state index in [0.717, 1.165) is 5.69 Å². The van der Waals surface area contributed by atoms with Crippen molar-refractivity contribution in [3.05, 3.63) is 89.9 Å². The van der Waals surface area contributed by atoms with Crippen molar-refractivity contribution in [2.45, 2.75) is 12.2 Å². The second-order valence-electron chi connectivity index (χ2n) is 7.08. The quantitative estimate of drug-likeness (QED) is 0.458. The van der Waals surface area contributed by atoms with Gasteiger partial charge in [0, 0.05) is 30.9 Å². The zero-order chi connectivity index (χ0) is 21.9. The van der Waals surface area contributed by atoms with E-state index in [1.807, 2.05) is 65.6 Å². The number of benzene rings is 3. The highest BCUT2D eigenvalue weighted by atomic mass is 16.5. The van der Waals surface area contributed by atoms with Crippen LogP contribution in [0.5, 0.6) is 11.5 Å². The lowest BCUT2D eigenvalue weighted by molar-refractivity contribution is 0.0954. The summed E-state index contributed by atoms with van der Waals surface area (Å²) in [6, 6.07) is 25.4. The maximum absolute atomic E-state index is 10.5. The van der Waals surface area contributed by atoms with Crippen molar-refractivity contribution in [2.24, 2.45) is 0 Å². The normalized spacial score (nSPS) is 12.4. The van der Waals surface area contributed by atoms with Gasteiger partial charge in [-0.15, -0.1) is 0 Å². The molecule has 0 radical (unpaired) electrons. The fourth-order valence-corrected chi connectivity index (χ4v) is 3.05. The van der Waals surface area contributed by atoms with Crippen molar-refractivity contribution in [2.75, 3.05) is 31.2 Å². The van der Waals surface area contributed by atoms with Gasteiger partial charge in [0.25, 0.3) is 0 Å². The Labute approximate surface area is 181 Å². The van der Waals surface area contributed by atoms with E-state index < -0.39 is 12.2 Å². The van der Waals surface area contributed by atoms with E-state index >= 15 is 0 Å². The standard InChI is InChI=1S/C24H26N3O4/c25-26-19-11-13-20(14-12-19)27(15-21(28)17-30-23-7-3-1-4-8-23)16-22(29)18-31-24-9-5-2-6-10-24/h1-14,21-22,28-29H,15-18H2/q+1. The average Bonchev–Trinajstić information content (AvgIpc) is 2.82. The van der Waals surface area contributed by atoms with Crippen molar-refractivity contribution < 1.29 is 19.7 Å². The molecule has 0 bridgehead atoms. The molecule has 7 nitrogen and oxygen atoms in total. The van der Waals surface area contributed by atoms with E-state index in [2.05, 4.69) is 4.98 Å². The minimum Gasteiger partial charge on any atom is -0.491 e. The summed E-state index contributed by atoms with van der Waals surface area (Å²) in [5.74, 6) is 1.36. The SMILES string of the molecule is N#[N+]c1ccc(N(CC(O)COc2ccccc2)CC(O)COc2ccccc2)cc1. The molecular formula is C24H26N3O4+. The Morgan fingerprint density at radius 2 is 1.16 bits per heavy atom. The molecule has 0 heterocycles. The number of aliphatic hydroxyl groups is 2. The number of diazo groups is 1. The lowest BCUT2D eigenvalue weighted by Crippen LogP contribution is -2.41. The fraction of sp³-hybridized carbons (Fsp3) is 0.250. The topological polar surface area (TPSA) is 90.3 Å². The Hall–Kier alpha value is -3.60. The van der Waals surface area contributed by atoms with Gasteiger partial charge in [-0.3, -0.25) is 0 Å². The van der Waals surface area contributed by atoms with Gasteiger partial charge in [-0.05, 0) is 36.4 Å². The number of para-hydroxylation sites is 2. The van der Waals surface area contributed by atoms with Crippen molar-refractivity contribution in [3.63, 3.8) is 0 Å². The first-order valence-corrected chi connectivity index (χ1v) is 10.1. The monoisotopic (exact) mass is 420 g/mol. The van der Waals surface area contributed by atoms with E-state index in [-0.39, 0.29) is 26.3 Å². The van der Waals surface area contributed by atoms with Crippen LogP contribution in [-0.2, 0) is 0 Å². The van der Waals surface area contributed by atoms with E-state index in [0.29, 0.717) is 17.2 Å². The van der Waals surface area contributed by atoms with Crippen LogP contribution < -0.4 is 14.4 Å². The van der Waals surface area contributed by atoms with Crippen molar-refractivity contribution >= 4 is 11.4 Å². The summed E-state index contributed by atoms with van der Waals surface area (Å²) < 4.78 is 11.3. The Morgan fingerprint density at radius 3 is 1.58 bits per heavy atom. The molecule has 0 amide bonds. The molecule has 0 spiro atoms. The van der Waals surface area contributed by atoms with Gasteiger partial charge < -0.3 is 24.6 Å². The van der Waals surface area contributed by atoms with E-state index in [4.69, 9.17) is 14.9 Å². The molecule has 2 atom stereocenters. The zero-order valence-corrected chi connectivity index (χ0v) is 17.1. The summed E-state index contributed by atoms with van der Waals surface area (Å²) in [5.41, 5.74) is 1.19. The third-order valence-electron chi connectivity index (χ3n) is 4.56. The summed E-state index contributed by atoms with van der Waals surface area (Å²) in [4.78, 5) is 5.01. The largest absolute Gasteiger partial charge is 0.491 e. The number of aliphatic hydroxyl groups excluding tert-OH is 2. The number of hydrogen-bond acceptors (Lipinski definition) is 6. The van der Waals surface area contributed by atoms with Crippen LogP contribution >= 0.6 is 0 Å². The first-order valence-electron chi connectivity index (χ1n) is 10.1. The number of anilines is 1. The molecule has 0 fully saturated rings. The average molecular weight is 420 g/mol. The predicted molar refractivity (Wildman–Crippen MR) is 119 cm³/mol. The van der Waals surface area contributed by atoms with Crippen LogP contribution in [0.4, 0.5) is 11.4 Å². The van der Waals surface area contributed by atoms with Crippen LogP contribution in [0.15, 0.2) is 84.9 Å². The Balaban J connectivity index is 1.61. The van der Waals surface area contributed by atoms with Crippen LogP contribution in [0.1, 0.15) is 0 Å². The highest BCUT2D eigenvalue weighted by Crippen LogP contribution is 2.21. The molecule has 3 aromatic rings. The fourth-order valence-electron chi connectivity index (χ4n) is 3.05. The highest BCUT2D eigenvalue weighted by Gasteiger charge is 2.18. The molecule has 31 heavy (non-hydrogen) atoms. The van der Waals surface area contributed by atoms with Crippen molar-refractivity contribution in [1.82, 2.24) is 0 Å². The molecule has 160 valence electrons. The third-order valence-corrected chi connectivity index (χ3v) is 4.56. The lowest BCUT2D eigenvalue weighted by atomic mass is 10.2. The maximum Gasteiger partial charge on any atom is 0.385 e. The minimum absolute atomic E-state index is 0.112. The molecule has 0 saturated heterocycles. The van der Waals surface area contributed by atoms with E-state index in [1.54, 1.807) is 24.3 Å². The Morgan fingerprint density at radius 1 is 0.710 bits per heavy atom. The van der Waals surface area contributed by atoms with Gasteiger partial charge in [-0.25, -0.2) is 0 Å². The van der Waals surface area contributed by atoms with Gasteiger partial charge in [0.15, 0.2) is 4.98 Å². The number of hydrogen-bond donors (Lipinski definition) is 2. The number of ether oxygens (including phenoxy) is 2. The van der Waals surface area contributed by atoms with Gasteiger partial charge in [0.05, 0.1) is 0 Å². The van der Waals surface area contributed by atoms with Crippen LogP contribution in [0.3, 0.4) is 0 Å². The van der Waals surface area contributed by atoms with Crippen molar-refractivity contribution in [3.8, 4) is 11.5 Å².